The van der Waals surface area contributed by atoms with Gasteiger partial charge in [0.15, 0.2) is 0 Å². The first-order chi connectivity index (χ1) is 17.2. The maximum absolute atomic E-state index is 13.3. The summed E-state index contributed by atoms with van der Waals surface area (Å²) in [6, 6.07) is 1.20. The molecular formula is C25H39N5O7. The van der Waals surface area contributed by atoms with Crippen LogP contribution in [0, 0.1) is 11.8 Å². The molecule has 37 heavy (non-hydrogen) atoms. The highest BCUT2D eigenvalue weighted by Gasteiger charge is 2.33. The number of phenols is 1. The van der Waals surface area contributed by atoms with Crippen molar-refractivity contribution in [3.05, 3.63) is 29.8 Å². The van der Waals surface area contributed by atoms with Crippen LogP contribution in [0.1, 0.15) is 52.5 Å². The summed E-state index contributed by atoms with van der Waals surface area (Å²) in [7, 11) is 0. The van der Waals surface area contributed by atoms with Crippen molar-refractivity contribution in [1.82, 2.24) is 16.0 Å². The second kappa shape index (κ2) is 14.8. The topological polar surface area (TPSA) is 214 Å². The Morgan fingerprint density at radius 1 is 0.892 bits per heavy atom. The van der Waals surface area contributed by atoms with Crippen LogP contribution in [0.3, 0.4) is 0 Å². The molecule has 0 saturated carbocycles. The molecule has 0 saturated heterocycles. The minimum absolute atomic E-state index is 0.00142. The molecule has 12 nitrogen and oxygen atoms in total. The molecule has 9 N–H and O–H groups in total. The summed E-state index contributed by atoms with van der Waals surface area (Å²) in [4.78, 5) is 61.8. The summed E-state index contributed by atoms with van der Waals surface area (Å²) in [6.45, 7) is 7.44. The van der Waals surface area contributed by atoms with Crippen LogP contribution in [0.15, 0.2) is 24.3 Å². The molecule has 1 aromatic rings. The van der Waals surface area contributed by atoms with Gasteiger partial charge in [0.05, 0.1) is 12.5 Å². The van der Waals surface area contributed by atoms with E-state index in [1.165, 1.54) is 12.1 Å². The van der Waals surface area contributed by atoms with Gasteiger partial charge in [-0.15, -0.1) is 0 Å². The number of aliphatic carboxylic acids is 1. The van der Waals surface area contributed by atoms with Crippen LogP contribution in [-0.2, 0) is 30.4 Å². The number of primary amides is 1. The molecule has 4 amide bonds. The zero-order valence-corrected chi connectivity index (χ0v) is 21.7. The van der Waals surface area contributed by atoms with E-state index in [-0.39, 0.29) is 24.0 Å². The van der Waals surface area contributed by atoms with Crippen molar-refractivity contribution in [1.29, 1.82) is 0 Å². The molecule has 0 spiro atoms. The molecule has 0 bridgehead atoms. The molecule has 0 aromatic heterocycles. The Balaban J connectivity index is 3.19. The quantitative estimate of drug-likeness (QED) is 0.163. The summed E-state index contributed by atoms with van der Waals surface area (Å²) in [5, 5.41) is 26.4. The molecule has 206 valence electrons. The number of aromatic hydroxyl groups is 1. The number of hydrogen-bond donors (Lipinski definition) is 7. The second-order valence-corrected chi connectivity index (χ2v) is 9.61. The largest absolute Gasteiger partial charge is 0.508 e. The Bertz CT molecular complexity index is 951. The highest BCUT2D eigenvalue weighted by atomic mass is 16.4. The number of carbonyl (C=O) groups excluding carboxylic acids is 4. The van der Waals surface area contributed by atoms with Crippen LogP contribution in [0.25, 0.3) is 0 Å². The summed E-state index contributed by atoms with van der Waals surface area (Å²) in [6.07, 6.45) is 0.254. The van der Waals surface area contributed by atoms with Gasteiger partial charge in [0, 0.05) is 6.42 Å². The number of carbonyl (C=O) groups is 5. The predicted octanol–water partition coefficient (Wildman–Crippen LogP) is -0.231. The average molecular weight is 522 g/mol. The summed E-state index contributed by atoms with van der Waals surface area (Å²) in [5.41, 5.74) is 11.6. The van der Waals surface area contributed by atoms with Crippen molar-refractivity contribution in [2.75, 3.05) is 0 Å². The third-order valence-corrected chi connectivity index (χ3v) is 5.88. The van der Waals surface area contributed by atoms with Crippen molar-refractivity contribution < 1.29 is 34.2 Å². The zero-order chi connectivity index (χ0) is 28.3. The first-order valence-corrected chi connectivity index (χ1v) is 12.2. The Labute approximate surface area is 216 Å². The summed E-state index contributed by atoms with van der Waals surface area (Å²) in [5.74, 6) is -4.55. The van der Waals surface area contributed by atoms with Gasteiger partial charge in [0.1, 0.15) is 23.9 Å². The van der Waals surface area contributed by atoms with E-state index in [1.54, 1.807) is 19.1 Å². The standard InChI is InChI=1S/C25H39N5O7/c1-5-14(4)21(30-22(33)17(26)10-13(2)3)24(35)28-18(11-15-6-8-16(31)9-7-15)23(34)29-19(25(36)37)12-20(27)32/h6-9,13-14,17-19,21,31H,5,10-12,26H2,1-4H3,(H2,27,32)(H,28,35)(H,29,34)(H,30,33)(H,36,37). The SMILES string of the molecule is CCC(C)C(NC(=O)C(N)CC(C)C)C(=O)NC(Cc1ccc(O)cc1)C(=O)NC(CC(N)=O)C(=O)O. The van der Waals surface area contributed by atoms with Crippen molar-refractivity contribution in [3.8, 4) is 5.75 Å². The smallest absolute Gasteiger partial charge is 0.326 e. The number of nitrogens with one attached hydrogen (secondary N) is 3. The molecule has 1 rings (SSSR count). The number of amides is 4. The average Bonchev–Trinajstić information content (AvgIpc) is 2.81. The molecule has 0 aliphatic heterocycles. The number of carboxylic acids is 1. The molecule has 0 heterocycles. The molecule has 1 aromatic carbocycles. The summed E-state index contributed by atoms with van der Waals surface area (Å²) < 4.78 is 0. The van der Waals surface area contributed by atoms with Gasteiger partial charge in [-0.25, -0.2) is 4.79 Å². The first-order valence-electron chi connectivity index (χ1n) is 12.2. The predicted molar refractivity (Wildman–Crippen MR) is 136 cm³/mol. The number of benzene rings is 1. The van der Waals surface area contributed by atoms with Crippen molar-refractivity contribution in [2.24, 2.45) is 23.3 Å². The number of nitrogens with two attached hydrogens (primary N) is 2. The van der Waals surface area contributed by atoms with Crippen LogP contribution in [0.4, 0.5) is 0 Å². The van der Waals surface area contributed by atoms with E-state index in [4.69, 9.17) is 11.5 Å². The maximum Gasteiger partial charge on any atom is 0.326 e. The third kappa shape index (κ3) is 10.9. The Morgan fingerprint density at radius 3 is 1.95 bits per heavy atom. The van der Waals surface area contributed by atoms with E-state index in [9.17, 15) is 34.2 Å². The lowest BCUT2D eigenvalue weighted by atomic mass is 9.96. The molecule has 0 fully saturated rings. The van der Waals surface area contributed by atoms with E-state index < -0.39 is 60.2 Å². The summed E-state index contributed by atoms with van der Waals surface area (Å²) >= 11 is 0. The van der Waals surface area contributed by atoms with E-state index in [0.717, 1.165) is 0 Å². The van der Waals surface area contributed by atoms with Gasteiger partial charge >= 0.3 is 5.97 Å². The molecular weight excluding hydrogens is 482 g/mol. The highest BCUT2D eigenvalue weighted by Crippen LogP contribution is 2.14. The third-order valence-electron chi connectivity index (χ3n) is 5.88. The van der Waals surface area contributed by atoms with Crippen LogP contribution >= 0.6 is 0 Å². The van der Waals surface area contributed by atoms with Gasteiger partial charge in [-0.3, -0.25) is 19.2 Å². The number of hydrogen-bond acceptors (Lipinski definition) is 7. The van der Waals surface area contributed by atoms with E-state index in [2.05, 4.69) is 16.0 Å². The fraction of sp³-hybridized carbons (Fsp3) is 0.560. The number of phenolic OH excluding ortho intramolecular Hbond substituents is 1. The Kier molecular flexibility index (Phi) is 12.5. The fourth-order valence-electron chi connectivity index (χ4n) is 3.59. The van der Waals surface area contributed by atoms with Gasteiger partial charge in [0.2, 0.25) is 23.6 Å². The zero-order valence-electron chi connectivity index (χ0n) is 21.7. The van der Waals surface area contributed by atoms with Crippen molar-refractivity contribution in [2.45, 2.75) is 77.5 Å². The fourth-order valence-corrected chi connectivity index (χ4v) is 3.59. The minimum Gasteiger partial charge on any atom is -0.508 e. The normalized spacial score (nSPS) is 15.1. The molecule has 0 aliphatic carbocycles. The Hall–Kier alpha value is -3.67. The monoisotopic (exact) mass is 521 g/mol. The van der Waals surface area contributed by atoms with Gasteiger partial charge in [-0.1, -0.05) is 46.2 Å². The lowest BCUT2D eigenvalue weighted by Crippen LogP contribution is -2.59. The molecule has 0 radical (unpaired) electrons. The van der Waals surface area contributed by atoms with Gasteiger partial charge < -0.3 is 37.6 Å². The van der Waals surface area contributed by atoms with Crippen LogP contribution in [0.5, 0.6) is 5.75 Å². The van der Waals surface area contributed by atoms with E-state index >= 15 is 0 Å². The Morgan fingerprint density at radius 2 is 1.46 bits per heavy atom. The molecule has 0 aliphatic rings. The van der Waals surface area contributed by atoms with E-state index in [0.29, 0.717) is 18.4 Å². The lowest BCUT2D eigenvalue weighted by molar-refractivity contribution is -0.143. The van der Waals surface area contributed by atoms with Crippen molar-refractivity contribution in [3.63, 3.8) is 0 Å². The van der Waals surface area contributed by atoms with Gasteiger partial charge in [0.25, 0.3) is 0 Å². The maximum atomic E-state index is 13.3. The highest BCUT2D eigenvalue weighted by molar-refractivity contribution is 5.95. The lowest BCUT2D eigenvalue weighted by Gasteiger charge is -2.28. The number of carboxylic acid groups (broad SMARTS) is 1. The van der Waals surface area contributed by atoms with Gasteiger partial charge in [-0.2, -0.15) is 0 Å². The first kappa shape index (κ1) is 31.4. The second-order valence-electron chi connectivity index (χ2n) is 9.61. The molecule has 12 heteroatoms. The minimum atomic E-state index is -1.59. The number of rotatable bonds is 15. The van der Waals surface area contributed by atoms with E-state index in [1.807, 2.05) is 20.8 Å². The van der Waals surface area contributed by atoms with Crippen molar-refractivity contribution >= 4 is 29.6 Å². The van der Waals surface area contributed by atoms with Crippen LogP contribution in [-0.4, -0.2) is 64.0 Å². The van der Waals surface area contributed by atoms with Crippen LogP contribution < -0.4 is 27.4 Å². The van der Waals surface area contributed by atoms with Gasteiger partial charge in [-0.05, 0) is 36.0 Å². The molecule has 5 unspecified atom stereocenters. The molecule has 5 atom stereocenters. The van der Waals surface area contributed by atoms with Crippen LogP contribution in [0.2, 0.25) is 0 Å².